The molecule has 0 aliphatic rings. The van der Waals surface area contributed by atoms with Crippen LogP contribution in [0.4, 0.5) is 4.39 Å². The van der Waals surface area contributed by atoms with E-state index in [1.807, 2.05) is 24.3 Å². The van der Waals surface area contributed by atoms with Gasteiger partial charge in [-0.25, -0.2) is 12.8 Å². The van der Waals surface area contributed by atoms with E-state index in [9.17, 15) is 12.8 Å². The predicted molar refractivity (Wildman–Crippen MR) is 96.6 cm³/mol. The van der Waals surface area contributed by atoms with Crippen molar-refractivity contribution in [3.8, 4) is 17.6 Å². The van der Waals surface area contributed by atoms with Crippen LogP contribution < -0.4 is 9.46 Å². The quantitative estimate of drug-likeness (QED) is 0.701. The third-order valence-electron chi connectivity index (χ3n) is 3.49. The van der Waals surface area contributed by atoms with Gasteiger partial charge >= 0.3 is 0 Å². The molecule has 1 aromatic heterocycles. The average Bonchev–Trinajstić information content (AvgIpc) is 2.64. The van der Waals surface area contributed by atoms with E-state index in [-0.39, 0.29) is 13.2 Å². The van der Waals surface area contributed by atoms with E-state index >= 15 is 0 Å². The minimum Gasteiger partial charge on any atom is -0.481 e. The van der Waals surface area contributed by atoms with Crippen LogP contribution in [0, 0.1) is 17.7 Å². The molecule has 0 atom stereocenters. The Labute approximate surface area is 150 Å². The Morgan fingerprint density at radius 3 is 2.77 bits per heavy atom. The zero-order valence-electron chi connectivity index (χ0n) is 13.6. The van der Waals surface area contributed by atoms with Gasteiger partial charge in [0.1, 0.15) is 23.1 Å². The summed E-state index contributed by atoms with van der Waals surface area (Å²) in [6.07, 6.45) is 1.70. The van der Waals surface area contributed by atoms with Gasteiger partial charge in [-0.2, -0.15) is 4.72 Å². The van der Waals surface area contributed by atoms with Gasteiger partial charge in [0.25, 0.3) is 0 Å². The SMILES string of the molecule is O=S(=O)(NCC#CCOc1ccc2cccnc2c1)c1ccccc1F. The fraction of sp³-hybridized carbons (Fsp3) is 0.105. The molecule has 132 valence electrons. The van der Waals surface area contributed by atoms with Gasteiger partial charge in [0.15, 0.2) is 0 Å². The summed E-state index contributed by atoms with van der Waals surface area (Å²) in [6, 6.07) is 14.5. The van der Waals surface area contributed by atoms with Gasteiger partial charge in [-0.15, -0.1) is 0 Å². The van der Waals surface area contributed by atoms with Crippen LogP contribution in [-0.2, 0) is 10.0 Å². The van der Waals surface area contributed by atoms with Crippen LogP contribution >= 0.6 is 0 Å². The summed E-state index contributed by atoms with van der Waals surface area (Å²) in [5.74, 6) is 5.16. The average molecular weight is 370 g/mol. The molecule has 0 aliphatic carbocycles. The monoisotopic (exact) mass is 370 g/mol. The molecule has 0 saturated heterocycles. The molecule has 1 heterocycles. The number of hydrogen-bond donors (Lipinski definition) is 1. The molecule has 3 rings (SSSR count). The molecular formula is C19H15FN2O3S. The van der Waals surface area contributed by atoms with E-state index < -0.39 is 20.7 Å². The largest absolute Gasteiger partial charge is 0.481 e. The van der Waals surface area contributed by atoms with Crippen LogP contribution in [-0.4, -0.2) is 26.6 Å². The molecule has 0 bridgehead atoms. The summed E-state index contributed by atoms with van der Waals surface area (Å²) in [7, 11) is -3.93. The molecular weight excluding hydrogens is 355 g/mol. The summed E-state index contributed by atoms with van der Waals surface area (Å²) in [5, 5.41) is 1.01. The van der Waals surface area contributed by atoms with E-state index in [0.29, 0.717) is 5.75 Å². The van der Waals surface area contributed by atoms with Gasteiger partial charge in [0, 0.05) is 17.6 Å². The van der Waals surface area contributed by atoms with Crippen LogP contribution in [0.3, 0.4) is 0 Å². The molecule has 0 fully saturated rings. The number of ether oxygens (including phenoxy) is 1. The first-order valence-electron chi connectivity index (χ1n) is 7.74. The number of benzene rings is 2. The van der Waals surface area contributed by atoms with Crippen molar-refractivity contribution in [2.75, 3.05) is 13.2 Å². The van der Waals surface area contributed by atoms with Crippen molar-refractivity contribution < 1.29 is 17.5 Å². The van der Waals surface area contributed by atoms with Crippen LogP contribution in [0.2, 0.25) is 0 Å². The van der Waals surface area contributed by atoms with Gasteiger partial charge in [-0.05, 0) is 30.3 Å². The highest BCUT2D eigenvalue weighted by molar-refractivity contribution is 7.89. The molecule has 5 nitrogen and oxygen atoms in total. The van der Waals surface area contributed by atoms with Gasteiger partial charge in [-0.1, -0.05) is 30.0 Å². The Kier molecular flexibility index (Phi) is 5.46. The van der Waals surface area contributed by atoms with Crippen LogP contribution in [0.15, 0.2) is 65.7 Å². The van der Waals surface area contributed by atoms with Crippen molar-refractivity contribution in [2.45, 2.75) is 4.90 Å². The standard InChI is InChI=1S/C19H15FN2O3S/c20-17-7-1-2-8-19(17)26(23,24)22-12-3-4-13-25-16-10-9-15-6-5-11-21-18(15)14-16/h1-2,5-11,14,22H,12-13H2. The second-order valence-corrected chi connectivity index (χ2v) is 6.99. The van der Waals surface area contributed by atoms with Gasteiger partial charge in [0.2, 0.25) is 10.0 Å². The van der Waals surface area contributed by atoms with Crippen molar-refractivity contribution in [1.82, 2.24) is 9.71 Å². The van der Waals surface area contributed by atoms with Crippen molar-refractivity contribution in [3.63, 3.8) is 0 Å². The maximum Gasteiger partial charge on any atom is 0.244 e. The van der Waals surface area contributed by atoms with Crippen molar-refractivity contribution >= 4 is 20.9 Å². The fourth-order valence-corrected chi connectivity index (χ4v) is 3.24. The molecule has 3 aromatic rings. The fourth-order valence-electron chi connectivity index (χ4n) is 2.24. The zero-order valence-corrected chi connectivity index (χ0v) is 14.5. The third kappa shape index (κ3) is 4.36. The number of nitrogens with zero attached hydrogens (tertiary/aromatic N) is 1. The van der Waals surface area contributed by atoms with Crippen molar-refractivity contribution in [3.05, 3.63) is 66.6 Å². The van der Waals surface area contributed by atoms with Crippen LogP contribution in [0.5, 0.6) is 5.75 Å². The molecule has 0 radical (unpaired) electrons. The molecule has 0 saturated carbocycles. The summed E-state index contributed by atoms with van der Waals surface area (Å²) >= 11 is 0. The minimum atomic E-state index is -3.93. The van der Waals surface area contributed by atoms with Crippen molar-refractivity contribution in [1.29, 1.82) is 0 Å². The number of fused-ring (bicyclic) bond motifs is 1. The number of rotatable bonds is 5. The summed E-state index contributed by atoms with van der Waals surface area (Å²) in [4.78, 5) is 3.84. The first-order chi connectivity index (χ1) is 12.6. The maximum atomic E-state index is 13.5. The zero-order chi connectivity index (χ0) is 18.4. The van der Waals surface area contributed by atoms with E-state index in [1.54, 1.807) is 12.3 Å². The van der Waals surface area contributed by atoms with Gasteiger partial charge in [-0.3, -0.25) is 4.98 Å². The molecule has 26 heavy (non-hydrogen) atoms. The van der Waals surface area contributed by atoms with E-state index in [4.69, 9.17) is 4.74 Å². The lowest BCUT2D eigenvalue weighted by Gasteiger charge is -2.04. The van der Waals surface area contributed by atoms with Crippen molar-refractivity contribution in [2.24, 2.45) is 0 Å². The second kappa shape index (κ2) is 7.95. The van der Waals surface area contributed by atoms with E-state index in [0.717, 1.165) is 17.0 Å². The normalized spacial score (nSPS) is 11.0. The lowest BCUT2D eigenvalue weighted by atomic mass is 10.2. The van der Waals surface area contributed by atoms with E-state index in [1.165, 1.54) is 18.2 Å². The summed E-state index contributed by atoms with van der Waals surface area (Å²) in [5.41, 5.74) is 0.815. The predicted octanol–water partition coefficient (Wildman–Crippen LogP) is 2.73. The highest BCUT2D eigenvalue weighted by Crippen LogP contribution is 2.18. The Hall–Kier alpha value is -2.95. The molecule has 0 amide bonds. The molecule has 7 heteroatoms. The smallest absolute Gasteiger partial charge is 0.244 e. The maximum absolute atomic E-state index is 13.5. The molecule has 0 spiro atoms. The first-order valence-corrected chi connectivity index (χ1v) is 9.22. The topological polar surface area (TPSA) is 68.3 Å². The Balaban J connectivity index is 1.53. The number of hydrogen-bond acceptors (Lipinski definition) is 4. The molecule has 0 aliphatic heterocycles. The number of sulfonamides is 1. The molecule has 0 unspecified atom stereocenters. The van der Waals surface area contributed by atoms with Gasteiger partial charge < -0.3 is 4.74 Å². The molecule has 1 N–H and O–H groups in total. The van der Waals surface area contributed by atoms with Gasteiger partial charge in [0.05, 0.1) is 12.1 Å². The molecule has 2 aromatic carbocycles. The minimum absolute atomic E-state index is 0.0970. The number of aromatic nitrogens is 1. The highest BCUT2D eigenvalue weighted by atomic mass is 32.2. The third-order valence-corrected chi connectivity index (χ3v) is 4.92. The summed E-state index contributed by atoms with van der Waals surface area (Å²) < 4.78 is 45.2. The number of nitrogens with one attached hydrogen (secondary N) is 1. The number of halogens is 1. The Bertz CT molecular complexity index is 1090. The van der Waals surface area contributed by atoms with E-state index in [2.05, 4.69) is 21.5 Å². The number of pyridine rings is 1. The Morgan fingerprint density at radius 2 is 1.92 bits per heavy atom. The lowest BCUT2D eigenvalue weighted by molar-refractivity contribution is 0.370. The first kappa shape index (κ1) is 17.9. The lowest BCUT2D eigenvalue weighted by Crippen LogP contribution is -2.25. The van der Waals surface area contributed by atoms with Crippen LogP contribution in [0.25, 0.3) is 10.9 Å². The Morgan fingerprint density at radius 1 is 1.08 bits per heavy atom. The second-order valence-electron chi connectivity index (χ2n) is 5.26. The summed E-state index contributed by atoms with van der Waals surface area (Å²) in [6.45, 7) is -0.0426. The highest BCUT2D eigenvalue weighted by Gasteiger charge is 2.16. The van der Waals surface area contributed by atoms with Crippen LogP contribution in [0.1, 0.15) is 0 Å².